The second kappa shape index (κ2) is 5.93. The molecule has 1 N–H and O–H groups in total. The van der Waals surface area contributed by atoms with Crippen molar-refractivity contribution in [3.05, 3.63) is 59.7 Å². The van der Waals surface area contributed by atoms with Crippen LogP contribution in [0.25, 0.3) is 11.1 Å². The number of esters is 1. The summed E-state index contributed by atoms with van der Waals surface area (Å²) in [5.74, 6) is -0.113. The number of cyclic esters (lactones) is 1. The molecule has 5 rings (SSSR count). The molecule has 27 heavy (non-hydrogen) atoms. The van der Waals surface area contributed by atoms with Crippen LogP contribution in [0.3, 0.4) is 0 Å². The fourth-order valence-electron chi connectivity index (χ4n) is 5.65. The maximum Gasteiger partial charge on any atom is 0.323 e. The van der Waals surface area contributed by atoms with Gasteiger partial charge in [0.05, 0.1) is 6.04 Å². The minimum absolute atomic E-state index is 0.0783. The smallest absolute Gasteiger partial charge is 0.323 e. The van der Waals surface area contributed by atoms with E-state index in [1.54, 1.807) is 0 Å². The largest absolute Gasteiger partial charge is 0.457 e. The van der Waals surface area contributed by atoms with E-state index in [1.165, 1.54) is 32.1 Å². The maximum absolute atomic E-state index is 13.5. The van der Waals surface area contributed by atoms with Gasteiger partial charge in [-0.15, -0.1) is 0 Å². The minimum Gasteiger partial charge on any atom is -0.457 e. The lowest BCUT2D eigenvalue weighted by Crippen LogP contribution is -2.58. The third kappa shape index (κ3) is 2.27. The summed E-state index contributed by atoms with van der Waals surface area (Å²) in [6.07, 6.45) is 6.21. The third-order valence-electron chi connectivity index (χ3n) is 6.81. The standard InChI is InChI=1S/C24H27NO2/c1-23(2)21(25-16-10-4-3-5-11-16)24(22(26)27-23)19-14-8-6-12-17(19)18-13-7-9-15-20(18)24/h6-9,12-16,21,25H,3-5,10-11H2,1-2H3/t21-/m1/s1. The van der Waals surface area contributed by atoms with Crippen LogP contribution in [0.15, 0.2) is 48.5 Å². The summed E-state index contributed by atoms with van der Waals surface area (Å²) >= 11 is 0. The zero-order valence-electron chi connectivity index (χ0n) is 16.1. The van der Waals surface area contributed by atoms with Crippen LogP contribution in [0, 0.1) is 0 Å². The topological polar surface area (TPSA) is 38.3 Å². The van der Waals surface area contributed by atoms with Gasteiger partial charge in [0.2, 0.25) is 0 Å². The zero-order valence-corrected chi connectivity index (χ0v) is 16.1. The van der Waals surface area contributed by atoms with Crippen LogP contribution >= 0.6 is 0 Å². The predicted octanol–water partition coefficient (Wildman–Crippen LogP) is 4.58. The number of rotatable bonds is 2. The van der Waals surface area contributed by atoms with Gasteiger partial charge in [0.1, 0.15) is 11.0 Å². The van der Waals surface area contributed by atoms with Crippen molar-refractivity contribution in [2.45, 2.75) is 69.1 Å². The van der Waals surface area contributed by atoms with Crippen LogP contribution < -0.4 is 5.32 Å². The van der Waals surface area contributed by atoms with E-state index in [1.807, 2.05) is 12.1 Å². The van der Waals surface area contributed by atoms with Crippen molar-refractivity contribution in [3.8, 4) is 11.1 Å². The van der Waals surface area contributed by atoms with E-state index in [0.29, 0.717) is 6.04 Å². The Hall–Kier alpha value is -2.13. The Morgan fingerprint density at radius 2 is 1.44 bits per heavy atom. The highest BCUT2D eigenvalue weighted by Gasteiger charge is 2.66. The number of benzene rings is 2. The summed E-state index contributed by atoms with van der Waals surface area (Å²) < 4.78 is 6.05. The molecule has 2 aromatic rings. The van der Waals surface area contributed by atoms with E-state index >= 15 is 0 Å². The van der Waals surface area contributed by atoms with E-state index < -0.39 is 11.0 Å². The Morgan fingerprint density at radius 1 is 0.889 bits per heavy atom. The fourth-order valence-corrected chi connectivity index (χ4v) is 5.65. The number of hydrogen-bond acceptors (Lipinski definition) is 3. The monoisotopic (exact) mass is 361 g/mol. The molecule has 2 fully saturated rings. The molecule has 140 valence electrons. The number of hydrogen-bond donors (Lipinski definition) is 1. The van der Waals surface area contributed by atoms with E-state index in [4.69, 9.17) is 4.74 Å². The predicted molar refractivity (Wildman–Crippen MR) is 107 cm³/mol. The van der Waals surface area contributed by atoms with Gasteiger partial charge in [-0.1, -0.05) is 67.8 Å². The summed E-state index contributed by atoms with van der Waals surface area (Å²) in [7, 11) is 0. The van der Waals surface area contributed by atoms with Crippen LogP contribution in [-0.4, -0.2) is 23.7 Å². The summed E-state index contributed by atoms with van der Waals surface area (Å²) in [4.78, 5) is 13.5. The first-order valence-electron chi connectivity index (χ1n) is 10.2. The molecule has 0 amide bonds. The Kier molecular flexibility index (Phi) is 3.74. The maximum atomic E-state index is 13.5. The molecule has 1 saturated heterocycles. The molecule has 3 aliphatic rings. The Morgan fingerprint density at radius 3 is 2.04 bits per heavy atom. The van der Waals surface area contributed by atoms with Crippen LogP contribution in [0.4, 0.5) is 0 Å². The second-order valence-corrected chi connectivity index (χ2v) is 8.83. The van der Waals surface area contributed by atoms with Crippen LogP contribution in [0.5, 0.6) is 0 Å². The minimum atomic E-state index is -0.756. The molecule has 0 radical (unpaired) electrons. The van der Waals surface area contributed by atoms with E-state index in [2.05, 4.69) is 55.6 Å². The number of carbonyl (C=O) groups excluding carboxylic acids is 1. The summed E-state index contributed by atoms with van der Waals surface area (Å²) in [6, 6.07) is 17.1. The Balaban J connectivity index is 1.71. The number of nitrogens with one attached hydrogen (secondary N) is 1. The van der Waals surface area contributed by atoms with Gasteiger partial charge in [-0.05, 0) is 48.9 Å². The fraction of sp³-hybridized carbons (Fsp3) is 0.458. The highest BCUT2D eigenvalue weighted by molar-refractivity contribution is 6.00. The molecule has 1 saturated carbocycles. The van der Waals surface area contributed by atoms with Gasteiger partial charge in [0.15, 0.2) is 0 Å². The summed E-state index contributed by atoms with van der Waals surface area (Å²) in [5.41, 5.74) is 3.20. The Labute approximate surface area is 161 Å². The lowest BCUT2D eigenvalue weighted by Gasteiger charge is -2.38. The molecule has 1 aliphatic heterocycles. The van der Waals surface area contributed by atoms with Gasteiger partial charge < -0.3 is 10.1 Å². The zero-order chi connectivity index (χ0) is 18.6. The molecule has 1 atom stereocenters. The number of ether oxygens (including phenoxy) is 1. The van der Waals surface area contributed by atoms with E-state index in [0.717, 1.165) is 22.3 Å². The van der Waals surface area contributed by atoms with Crippen molar-refractivity contribution < 1.29 is 9.53 Å². The second-order valence-electron chi connectivity index (χ2n) is 8.83. The van der Waals surface area contributed by atoms with E-state index in [-0.39, 0.29) is 12.0 Å². The van der Waals surface area contributed by atoms with Gasteiger partial charge in [-0.3, -0.25) is 4.79 Å². The van der Waals surface area contributed by atoms with Crippen molar-refractivity contribution >= 4 is 5.97 Å². The normalized spacial score (nSPS) is 25.3. The summed E-state index contributed by atoms with van der Waals surface area (Å²) in [6.45, 7) is 4.12. The molecule has 2 aromatic carbocycles. The van der Waals surface area contributed by atoms with Gasteiger partial charge in [-0.2, -0.15) is 0 Å². The van der Waals surface area contributed by atoms with Crippen molar-refractivity contribution in [1.82, 2.24) is 5.32 Å². The highest BCUT2D eigenvalue weighted by atomic mass is 16.6. The van der Waals surface area contributed by atoms with Crippen molar-refractivity contribution in [2.24, 2.45) is 0 Å². The molecule has 3 nitrogen and oxygen atoms in total. The van der Waals surface area contributed by atoms with Gasteiger partial charge >= 0.3 is 5.97 Å². The molecular weight excluding hydrogens is 334 g/mol. The number of fused-ring (bicyclic) bond motifs is 5. The first kappa shape index (κ1) is 17.0. The quantitative estimate of drug-likeness (QED) is 0.796. The van der Waals surface area contributed by atoms with Crippen LogP contribution in [0.2, 0.25) is 0 Å². The van der Waals surface area contributed by atoms with Crippen LogP contribution in [0.1, 0.15) is 57.1 Å². The summed E-state index contributed by atoms with van der Waals surface area (Å²) in [5, 5.41) is 3.91. The SMILES string of the molecule is CC1(C)OC(=O)C2(c3ccccc3-c3ccccc32)[C@@H]1NC1CCCCC1. The number of carbonyl (C=O) groups is 1. The molecule has 0 bridgehead atoms. The van der Waals surface area contributed by atoms with Crippen molar-refractivity contribution in [2.75, 3.05) is 0 Å². The first-order chi connectivity index (χ1) is 13.0. The average molecular weight is 361 g/mol. The average Bonchev–Trinajstić information content (AvgIpc) is 3.08. The van der Waals surface area contributed by atoms with Crippen molar-refractivity contribution in [1.29, 1.82) is 0 Å². The van der Waals surface area contributed by atoms with Crippen LogP contribution in [-0.2, 0) is 14.9 Å². The van der Waals surface area contributed by atoms with Gasteiger partial charge in [0, 0.05) is 6.04 Å². The molecule has 0 unspecified atom stereocenters. The lowest BCUT2D eigenvalue weighted by molar-refractivity contribution is -0.148. The lowest BCUT2D eigenvalue weighted by atomic mass is 9.69. The van der Waals surface area contributed by atoms with E-state index in [9.17, 15) is 4.79 Å². The Bertz CT molecular complexity index is 849. The molecule has 3 heteroatoms. The van der Waals surface area contributed by atoms with Crippen molar-refractivity contribution in [3.63, 3.8) is 0 Å². The molecular formula is C24H27NO2. The molecule has 1 spiro atoms. The van der Waals surface area contributed by atoms with Gasteiger partial charge in [0.25, 0.3) is 0 Å². The third-order valence-corrected chi connectivity index (χ3v) is 6.81. The molecule has 0 aromatic heterocycles. The van der Waals surface area contributed by atoms with Gasteiger partial charge in [-0.25, -0.2) is 0 Å². The molecule has 2 aliphatic carbocycles. The molecule has 1 heterocycles. The highest BCUT2D eigenvalue weighted by Crippen LogP contribution is 2.57. The first-order valence-corrected chi connectivity index (χ1v) is 10.2.